The van der Waals surface area contributed by atoms with Crippen molar-refractivity contribution >= 4 is 11.0 Å². The lowest BCUT2D eigenvalue weighted by Crippen LogP contribution is -2.14. The van der Waals surface area contributed by atoms with Gasteiger partial charge in [0, 0.05) is 0 Å². The van der Waals surface area contributed by atoms with Crippen LogP contribution in [0.3, 0.4) is 0 Å². The molecule has 0 atom stereocenters. The number of nitrogens with zero attached hydrogens (tertiary/aromatic N) is 1. The molecule has 0 aliphatic rings. The molecule has 2 rings (SSSR count). The molecule has 1 aromatic carbocycles. The van der Waals surface area contributed by atoms with Gasteiger partial charge in [0.05, 0.1) is 16.6 Å². The van der Waals surface area contributed by atoms with Crippen LogP contribution < -0.4 is 5.56 Å². The van der Waals surface area contributed by atoms with Gasteiger partial charge in [-0.3, -0.25) is 4.79 Å². The Bertz CT molecular complexity index is 601. The van der Waals surface area contributed by atoms with E-state index in [1.807, 2.05) is 0 Å². The first-order chi connectivity index (χ1) is 7.39. The molecule has 1 aromatic heterocycles. The highest BCUT2D eigenvalue weighted by molar-refractivity contribution is 5.78. The third-order valence-electron chi connectivity index (χ3n) is 2.20. The third-order valence-corrected chi connectivity index (χ3v) is 2.20. The van der Waals surface area contributed by atoms with Crippen molar-refractivity contribution in [3.63, 3.8) is 0 Å². The molecule has 0 aliphatic carbocycles. The van der Waals surface area contributed by atoms with Gasteiger partial charge in [-0.1, -0.05) is 6.07 Å². The minimum Gasteiger partial charge on any atom is -0.319 e. The van der Waals surface area contributed by atoms with Gasteiger partial charge in [-0.25, -0.2) is 4.98 Å². The third kappa shape index (κ3) is 1.66. The monoisotopic (exact) mass is 228 g/mol. The standard InChI is InChI=1S/C10H7F3N2O/c1-5-9(16)15-7-4-2-3-6(8(7)14-5)10(11,12)13/h2-4H,1H3,(H,15,16). The van der Waals surface area contributed by atoms with Crippen LogP contribution in [0.4, 0.5) is 13.2 Å². The predicted octanol–water partition coefficient (Wildman–Crippen LogP) is 2.25. The van der Waals surface area contributed by atoms with E-state index in [1.165, 1.54) is 19.1 Å². The number of nitrogens with one attached hydrogen (secondary N) is 1. The van der Waals surface area contributed by atoms with Crippen molar-refractivity contribution in [3.05, 3.63) is 39.8 Å². The minimum atomic E-state index is -4.48. The van der Waals surface area contributed by atoms with Crippen LogP contribution in [0.25, 0.3) is 11.0 Å². The molecule has 0 fully saturated rings. The van der Waals surface area contributed by atoms with Gasteiger partial charge in [0.15, 0.2) is 0 Å². The number of hydrogen-bond donors (Lipinski definition) is 1. The van der Waals surface area contributed by atoms with Gasteiger partial charge in [-0.2, -0.15) is 13.2 Å². The van der Waals surface area contributed by atoms with Crippen LogP contribution >= 0.6 is 0 Å². The number of aryl methyl sites for hydroxylation is 1. The summed E-state index contributed by atoms with van der Waals surface area (Å²) in [6, 6.07) is 3.56. The summed E-state index contributed by atoms with van der Waals surface area (Å²) in [5.41, 5.74) is -1.45. The zero-order valence-corrected chi connectivity index (χ0v) is 8.22. The molecule has 0 aliphatic heterocycles. The van der Waals surface area contributed by atoms with Gasteiger partial charge < -0.3 is 4.98 Å². The zero-order chi connectivity index (χ0) is 11.9. The summed E-state index contributed by atoms with van der Waals surface area (Å²) >= 11 is 0. The summed E-state index contributed by atoms with van der Waals surface area (Å²) < 4.78 is 37.9. The van der Waals surface area contributed by atoms with Crippen molar-refractivity contribution in [2.75, 3.05) is 0 Å². The molecule has 1 N–H and O–H groups in total. The largest absolute Gasteiger partial charge is 0.418 e. The van der Waals surface area contributed by atoms with Gasteiger partial charge in [-0.05, 0) is 19.1 Å². The number of hydrogen-bond acceptors (Lipinski definition) is 2. The quantitative estimate of drug-likeness (QED) is 0.751. The lowest BCUT2D eigenvalue weighted by Gasteiger charge is -2.09. The number of para-hydroxylation sites is 1. The molecule has 2 aromatic rings. The van der Waals surface area contributed by atoms with E-state index >= 15 is 0 Å². The van der Waals surface area contributed by atoms with Gasteiger partial charge in [0.2, 0.25) is 0 Å². The number of fused-ring (bicyclic) bond motifs is 1. The number of alkyl halides is 3. The second kappa shape index (κ2) is 3.33. The van der Waals surface area contributed by atoms with Crippen LogP contribution in [0.1, 0.15) is 11.3 Å². The number of aromatic nitrogens is 2. The molecule has 0 saturated heterocycles. The predicted molar refractivity (Wildman–Crippen MR) is 52.1 cm³/mol. The zero-order valence-electron chi connectivity index (χ0n) is 8.22. The molecule has 84 valence electrons. The topological polar surface area (TPSA) is 45.8 Å². The highest BCUT2D eigenvalue weighted by atomic mass is 19.4. The van der Waals surface area contributed by atoms with Crippen molar-refractivity contribution in [1.29, 1.82) is 0 Å². The molecule has 0 spiro atoms. The summed E-state index contributed by atoms with van der Waals surface area (Å²) in [5, 5.41) is 0. The molecule has 16 heavy (non-hydrogen) atoms. The number of halogens is 3. The van der Waals surface area contributed by atoms with Crippen LogP contribution in [0, 0.1) is 6.92 Å². The first kappa shape index (κ1) is 10.7. The summed E-state index contributed by atoms with van der Waals surface area (Å²) in [7, 11) is 0. The summed E-state index contributed by atoms with van der Waals surface area (Å²) in [6.45, 7) is 1.37. The Morgan fingerprint density at radius 3 is 2.62 bits per heavy atom. The number of benzene rings is 1. The fraction of sp³-hybridized carbons (Fsp3) is 0.200. The molecule has 3 nitrogen and oxygen atoms in total. The van der Waals surface area contributed by atoms with E-state index in [1.54, 1.807) is 0 Å². The van der Waals surface area contributed by atoms with E-state index in [0.717, 1.165) is 6.07 Å². The molecule has 1 heterocycles. The van der Waals surface area contributed by atoms with Crippen molar-refractivity contribution in [2.45, 2.75) is 13.1 Å². The number of rotatable bonds is 0. The Labute approximate surface area is 87.9 Å². The fourth-order valence-corrected chi connectivity index (χ4v) is 1.42. The molecule has 6 heteroatoms. The van der Waals surface area contributed by atoms with E-state index in [-0.39, 0.29) is 16.7 Å². The summed E-state index contributed by atoms with van der Waals surface area (Å²) in [5.74, 6) is 0. The maximum Gasteiger partial charge on any atom is 0.418 e. The Hall–Kier alpha value is -1.85. The van der Waals surface area contributed by atoms with E-state index in [0.29, 0.717) is 0 Å². The van der Waals surface area contributed by atoms with E-state index in [9.17, 15) is 18.0 Å². The SMILES string of the molecule is Cc1nc2c(C(F)(F)F)cccc2[nH]c1=O. The number of H-pyrrole nitrogens is 1. The maximum atomic E-state index is 12.6. The fourth-order valence-electron chi connectivity index (χ4n) is 1.42. The second-order valence-corrected chi connectivity index (χ2v) is 3.35. The number of aromatic amines is 1. The molecule has 0 bridgehead atoms. The second-order valence-electron chi connectivity index (χ2n) is 3.35. The van der Waals surface area contributed by atoms with Crippen molar-refractivity contribution in [2.24, 2.45) is 0 Å². The van der Waals surface area contributed by atoms with Gasteiger partial charge in [0.1, 0.15) is 5.69 Å². The normalized spacial score (nSPS) is 12.0. The van der Waals surface area contributed by atoms with E-state index in [2.05, 4.69) is 9.97 Å². The first-order valence-electron chi connectivity index (χ1n) is 4.46. The molecular weight excluding hydrogens is 221 g/mol. The van der Waals surface area contributed by atoms with Crippen LogP contribution in [-0.2, 0) is 6.18 Å². The Balaban J connectivity index is 2.88. The van der Waals surface area contributed by atoms with Gasteiger partial charge in [0.25, 0.3) is 5.56 Å². The van der Waals surface area contributed by atoms with Crippen LogP contribution in [0.2, 0.25) is 0 Å². The van der Waals surface area contributed by atoms with Gasteiger partial charge in [-0.15, -0.1) is 0 Å². The summed E-state index contributed by atoms with van der Waals surface area (Å²) in [4.78, 5) is 17.2. The minimum absolute atomic E-state index is 0.0178. The Kier molecular flexibility index (Phi) is 2.22. The average molecular weight is 228 g/mol. The Morgan fingerprint density at radius 1 is 1.31 bits per heavy atom. The van der Waals surface area contributed by atoms with E-state index in [4.69, 9.17) is 0 Å². The summed E-state index contributed by atoms with van der Waals surface area (Å²) in [6.07, 6.45) is -4.48. The molecule has 0 radical (unpaired) electrons. The smallest absolute Gasteiger partial charge is 0.319 e. The molecule has 0 amide bonds. The van der Waals surface area contributed by atoms with Crippen LogP contribution in [0.5, 0.6) is 0 Å². The average Bonchev–Trinajstić information content (AvgIpc) is 2.17. The lowest BCUT2D eigenvalue weighted by molar-refractivity contribution is -0.136. The highest BCUT2D eigenvalue weighted by Crippen LogP contribution is 2.32. The van der Waals surface area contributed by atoms with Crippen LogP contribution in [0.15, 0.2) is 23.0 Å². The van der Waals surface area contributed by atoms with Gasteiger partial charge >= 0.3 is 6.18 Å². The van der Waals surface area contributed by atoms with Crippen molar-refractivity contribution < 1.29 is 13.2 Å². The maximum absolute atomic E-state index is 12.6. The van der Waals surface area contributed by atoms with Crippen molar-refractivity contribution in [1.82, 2.24) is 9.97 Å². The lowest BCUT2D eigenvalue weighted by atomic mass is 10.1. The van der Waals surface area contributed by atoms with Crippen molar-refractivity contribution in [3.8, 4) is 0 Å². The van der Waals surface area contributed by atoms with Crippen LogP contribution in [-0.4, -0.2) is 9.97 Å². The first-order valence-corrected chi connectivity index (χ1v) is 4.46. The Morgan fingerprint density at radius 2 is 2.00 bits per heavy atom. The molecular formula is C10H7F3N2O. The molecule has 0 saturated carbocycles. The molecule has 0 unspecified atom stereocenters. The van der Waals surface area contributed by atoms with E-state index < -0.39 is 17.3 Å². The highest BCUT2D eigenvalue weighted by Gasteiger charge is 2.33.